The molecule has 0 saturated heterocycles. The summed E-state index contributed by atoms with van der Waals surface area (Å²) in [5.74, 6) is -0.431. The van der Waals surface area contributed by atoms with Crippen LogP contribution in [0.4, 0.5) is 0 Å². The van der Waals surface area contributed by atoms with Crippen LogP contribution in [0, 0.1) is 11.3 Å². The van der Waals surface area contributed by atoms with Gasteiger partial charge in [-0.1, -0.05) is 22.9 Å². The largest absolute Gasteiger partial charge is 0.462 e. The molecule has 3 nitrogen and oxygen atoms in total. The van der Waals surface area contributed by atoms with Crippen LogP contribution >= 0.6 is 15.9 Å². The first-order valence-electron chi connectivity index (χ1n) is 5.46. The molecule has 0 aliphatic rings. The summed E-state index contributed by atoms with van der Waals surface area (Å²) in [4.78, 5) is 11.7. The number of carbonyl (C=O) groups excluding carboxylic acids is 1. The van der Waals surface area contributed by atoms with Gasteiger partial charge >= 0.3 is 5.97 Å². The highest BCUT2D eigenvalue weighted by atomic mass is 79.9. The van der Waals surface area contributed by atoms with Gasteiger partial charge in [0.2, 0.25) is 0 Å². The summed E-state index contributed by atoms with van der Waals surface area (Å²) in [5.41, 5.74) is 2.83. The van der Waals surface area contributed by atoms with Crippen LogP contribution in [0.25, 0.3) is 0 Å². The number of nitrogens with zero attached hydrogens (tertiary/aromatic N) is 1. The van der Waals surface area contributed by atoms with E-state index >= 15 is 0 Å². The van der Waals surface area contributed by atoms with Gasteiger partial charge in [-0.15, -0.1) is 0 Å². The van der Waals surface area contributed by atoms with Crippen LogP contribution in [0.5, 0.6) is 0 Å². The summed E-state index contributed by atoms with van der Waals surface area (Å²) in [5, 5.41) is 9.72. The zero-order valence-corrected chi connectivity index (χ0v) is 11.5. The van der Waals surface area contributed by atoms with Crippen LogP contribution in [-0.2, 0) is 16.5 Å². The monoisotopic (exact) mass is 295 g/mol. The average Bonchev–Trinajstić information content (AvgIpc) is 2.37. The molecule has 0 fully saturated rings. The van der Waals surface area contributed by atoms with Crippen molar-refractivity contribution in [3.63, 3.8) is 0 Å². The lowest BCUT2D eigenvalue weighted by molar-refractivity contribution is 0.0526. The summed E-state index contributed by atoms with van der Waals surface area (Å²) < 4.78 is 4.94. The fourth-order valence-electron chi connectivity index (χ4n) is 1.61. The predicted octanol–water partition coefficient (Wildman–Crippen LogP) is 3.19. The number of esters is 1. The normalized spacial score (nSPS) is 9.76. The third-order valence-corrected chi connectivity index (χ3v) is 3.08. The van der Waals surface area contributed by atoms with Gasteiger partial charge in [-0.2, -0.15) is 5.26 Å². The second-order valence-corrected chi connectivity index (χ2v) is 4.05. The number of rotatable bonds is 4. The first-order valence-corrected chi connectivity index (χ1v) is 6.59. The van der Waals surface area contributed by atoms with Gasteiger partial charge in [-0.05, 0) is 36.6 Å². The first kappa shape index (κ1) is 13.7. The Balaban J connectivity index is 3.29. The number of halogens is 1. The number of hydrogen-bond acceptors (Lipinski definition) is 3. The van der Waals surface area contributed by atoms with Gasteiger partial charge in [0.15, 0.2) is 0 Å². The van der Waals surface area contributed by atoms with Crippen molar-refractivity contribution in [3.05, 3.63) is 34.4 Å². The minimum Gasteiger partial charge on any atom is -0.462 e. The number of ether oxygens (including phenoxy) is 1. The highest BCUT2D eigenvalue weighted by Crippen LogP contribution is 2.20. The van der Waals surface area contributed by atoms with Crippen LogP contribution in [-0.4, -0.2) is 12.6 Å². The van der Waals surface area contributed by atoms with Crippen LogP contribution in [0.1, 0.15) is 40.9 Å². The SMILES string of the molecule is CCOC(=O)c1cc(CC)c(CBr)cc1C#N. The van der Waals surface area contributed by atoms with Gasteiger partial charge in [0.25, 0.3) is 0 Å². The van der Waals surface area contributed by atoms with E-state index in [1.165, 1.54) is 0 Å². The molecule has 1 rings (SSSR count). The van der Waals surface area contributed by atoms with E-state index in [9.17, 15) is 4.79 Å². The van der Waals surface area contributed by atoms with E-state index < -0.39 is 5.97 Å². The van der Waals surface area contributed by atoms with E-state index in [0.717, 1.165) is 17.5 Å². The lowest BCUT2D eigenvalue weighted by Crippen LogP contribution is -2.09. The first-order chi connectivity index (χ1) is 8.17. The maximum Gasteiger partial charge on any atom is 0.339 e. The topological polar surface area (TPSA) is 50.1 Å². The summed E-state index contributed by atoms with van der Waals surface area (Å²) in [6.07, 6.45) is 0.818. The molecule has 0 amide bonds. The molecule has 1 aromatic rings. The Labute approximate surface area is 110 Å². The zero-order valence-electron chi connectivity index (χ0n) is 9.92. The molecule has 0 N–H and O–H groups in total. The van der Waals surface area contributed by atoms with Crippen molar-refractivity contribution in [2.45, 2.75) is 25.6 Å². The second kappa shape index (κ2) is 6.41. The number of carbonyl (C=O) groups is 1. The molecule has 0 heterocycles. The molecular weight excluding hydrogens is 282 g/mol. The quantitative estimate of drug-likeness (QED) is 0.633. The molecule has 90 valence electrons. The van der Waals surface area contributed by atoms with Gasteiger partial charge in [-0.25, -0.2) is 4.79 Å². The fourth-order valence-corrected chi connectivity index (χ4v) is 2.14. The van der Waals surface area contributed by atoms with E-state index in [1.54, 1.807) is 19.1 Å². The molecule has 0 atom stereocenters. The van der Waals surface area contributed by atoms with Crippen molar-refractivity contribution >= 4 is 21.9 Å². The van der Waals surface area contributed by atoms with Crippen molar-refractivity contribution in [2.24, 2.45) is 0 Å². The Bertz CT molecular complexity index is 463. The number of nitriles is 1. The number of benzene rings is 1. The Morgan fingerprint density at radius 3 is 2.59 bits per heavy atom. The van der Waals surface area contributed by atoms with Crippen molar-refractivity contribution in [2.75, 3.05) is 6.61 Å². The molecule has 0 spiro atoms. The van der Waals surface area contributed by atoms with Gasteiger partial charge < -0.3 is 4.74 Å². The van der Waals surface area contributed by atoms with Gasteiger partial charge in [0.05, 0.1) is 17.7 Å². The third-order valence-electron chi connectivity index (χ3n) is 2.48. The smallest absolute Gasteiger partial charge is 0.339 e. The van der Waals surface area contributed by atoms with E-state index in [0.29, 0.717) is 23.1 Å². The predicted molar refractivity (Wildman–Crippen MR) is 69.1 cm³/mol. The molecule has 4 heteroatoms. The molecule has 0 aromatic heterocycles. The maximum atomic E-state index is 11.7. The second-order valence-electron chi connectivity index (χ2n) is 3.49. The number of hydrogen-bond donors (Lipinski definition) is 0. The van der Waals surface area contributed by atoms with E-state index in [-0.39, 0.29) is 0 Å². The summed E-state index contributed by atoms with van der Waals surface area (Å²) in [6.45, 7) is 4.07. The Morgan fingerprint density at radius 1 is 1.41 bits per heavy atom. The lowest BCUT2D eigenvalue weighted by Gasteiger charge is -2.10. The zero-order chi connectivity index (χ0) is 12.8. The Kier molecular flexibility index (Phi) is 5.17. The summed E-state index contributed by atoms with van der Waals surface area (Å²) in [7, 11) is 0. The molecule has 17 heavy (non-hydrogen) atoms. The molecule has 0 saturated carbocycles. The number of aryl methyl sites for hydroxylation is 1. The van der Waals surface area contributed by atoms with Crippen molar-refractivity contribution in [1.29, 1.82) is 5.26 Å². The standard InChI is InChI=1S/C13H14BrNO2/c1-3-9-6-12(13(16)17-4-2)11(8-15)5-10(9)7-14/h5-6H,3-4,7H2,1-2H3. The highest BCUT2D eigenvalue weighted by Gasteiger charge is 2.15. The van der Waals surface area contributed by atoms with Crippen molar-refractivity contribution in [1.82, 2.24) is 0 Å². The van der Waals surface area contributed by atoms with E-state index in [2.05, 4.69) is 15.9 Å². The van der Waals surface area contributed by atoms with Crippen LogP contribution in [0.2, 0.25) is 0 Å². The molecule has 0 radical (unpaired) electrons. The molecule has 0 aliphatic carbocycles. The third kappa shape index (κ3) is 3.07. The minimum absolute atomic E-state index is 0.311. The summed E-state index contributed by atoms with van der Waals surface area (Å²) >= 11 is 3.38. The highest BCUT2D eigenvalue weighted by molar-refractivity contribution is 9.08. The van der Waals surface area contributed by atoms with Crippen LogP contribution in [0.3, 0.4) is 0 Å². The molecule has 1 aromatic carbocycles. The fraction of sp³-hybridized carbons (Fsp3) is 0.385. The van der Waals surface area contributed by atoms with Gasteiger partial charge in [0.1, 0.15) is 6.07 Å². The Morgan fingerprint density at radius 2 is 2.12 bits per heavy atom. The van der Waals surface area contributed by atoms with Gasteiger partial charge in [-0.3, -0.25) is 0 Å². The molecule has 0 unspecified atom stereocenters. The van der Waals surface area contributed by atoms with Crippen molar-refractivity contribution in [3.8, 4) is 6.07 Å². The van der Waals surface area contributed by atoms with Crippen LogP contribution < -0.4 is 0 Å². The van der Waals surface area contributed by atoms with Gasteiger partial charge in [0, 0.05) is 5.33 Å². The number of alkyl halides is 1. The lowest BCUT2D eigenvalue weighted by atomic mass is 9.98. The average molecular weight is 296 g/mol. The Hall–Kier alpha value is -1.34. The molecule has 0 aliphatic heterocycles. The van der Waals surface area contributed by atoms with E-state index in [1.807, 2.05) is 13.0 Å². The maximum absolute atomic E-state index is 11.7. The molecule has 0 bridgehead atoms. The summed E-state index contributed by atoms with van der Waals surface area (Å²) in [6, 6.07) is 5.55. The van der Waals surface area contributed by atoms with Crippen LogP contribution in [0.15, 0.2) is 12.1 Å². The minimum atomic E-state index is -0.431. The van der Waals surface area contributed by atoms with E-state index in [4.69, 9.17) is 10.00 Å². The van der Waals surface area contributed by atoms with Crippen molar-refractivity contribution < 1.29 is 9.53 Å². The molecular formula is C13H14BrNO2.